The van der Waals surface area contributed by atoms with Crippen molar-refractivity contribution in [2.75, 3.05) is 0 Å². The lowest BCUT2D eigenvalue weighted by Crippen LogP contribution is -2.16. The molecule has 0 N–H and O–H groups in total. The van der Waals surface area contributed by atoms with Crippen LogP contribution in [-0.2, 0) is 19.2 Å². The standard InChI is InChI=1S/C17H16N2O4S/c1-11(2)15-9-16(12(3)7-17(15)20)19-23-24(21,22)14-6-4-5-13(8-14)10-18/h4-9,11H,1-3H3/b19-16-. The minimum absolute atomic E-state index is 0.0176. The molecular formula is C17H16N2O4S. The predicted molar refractivity (Wildman–Crippen MR) is 88.5 cm³/mol. The van der Waals surface area contributed by atoms with E-state index in [0.717, 1.165) is 0 Å². The third kappa shape index (κ3) is 3.78. The van der Waals surface area contributed by atoms with Gasteiger partial charge in [0.1, 0.15) is 10.6 Å². The first kappa shape index (κ1) is 17.6. The Hall–Kier alpha value is -2.72. The Balaban J connectivity index is 2.33. The van der Waals surface area contributed by atoms with Crippen LogP contribution in [0.15, 0.2) is 57.6 Å². The van der Waals surface area contributed by atoms with Crippen LogP contribution in [0.4, 0.5) is 0 Å². The number of rotatable bonds is 4. The molecule has 0 saturated carbocycles. The number of nitriles is 1. The SMILES string of the molecule is CC1=CC(=O)C(C(C)C)=C/C1=N/OS(=O)(=O)c1cccc(C#N)c1. The molecule has 7 heteroatoms. The molecule has 0 spiro atoms. The van der Waals surface area contributed by atoms with Crippen LogP contribution >= 0.6 is 0 Å². The van der Waals surface area contributed by atoms with Crippen LogP contribution in [0.1, 0.15) is 26.3 Å². The van der Waals surface area contributed by atoms with Crippen LogP contribution in [0, 0.1) is 17.2 Å². The fourth-order valence-corrected chi connectivity index (χ4v) is 2.87. The maximum Gasteiger partial charge on any atom is 0.358 e. The lowest BCUT2D eigenvalue weighted by Gasteiger charge is -2.14. The van der Waals surface area contributed by atoms with Crippen molar-refractivity contribution in [2.45, 2.75) is 25.7 Å². The number of nitrogens with zero attached hydrogens (tertiary/aromatic N) is 2. The summed E-state index contributed by atoms with van der Waals surface area (Å²) >= 11 is 0. The maximum atomic E-state index is 12.2. The van der Waals surface area contributed by atoms with Gasteiger partial charge in [0.25, 0.3) is 0 Å². The van der Waals surface area contributed by atoms with E-state index in [4.69, 9.17) is 9.55 Å². The summed E-state index contributed by atoms with van der Waals surface area (Å²) in [6.07, 6.45) is 2.93. The average Bonchev–Trinajstić information content (AvgIpc) is 2.53. The Kier molecular flexibility index (Phi) is 5.00. The molecule has 6 nitrogen and oxygen atoms in total. The molecular weight excluding hydrogens is 328 g/mol. The van der Waals surface area contributed by atoms with E-state index < -0.39 is 10.1 Å². The normalized spacial score (nSPS) is 16.6. The topological polar surface area (TPSA) is 96.6 Å². The highest BCUT2D eigenvalue weighted by atomic mass is 32.2. The minimum Gasteiger partial charge on any atom is -0.290 e. The largest absolute Gasteiger partial charge is 0.358 e. The second-order valence-corrected chi connectivity index (χ2v) is 7.12. The summed E-state index contributed by atoms with van der Waals surface area (Å²) in [5, 5.41) is 12.5. The van der Waals surface area contributed by atoms with Crippen molar-refractivity contribution in [3.8, 4) is 6.07 Å². The molecule has 0 radical (unpaired) electrons. The van der Waals surface area contributed by atoms with Crippen molar-refractivity contribution in [1.82, 2.24) is 0 Å². The van der Waals surface area contributed by atoms with Crippen LogP contribution in [-0.4, -0.2) is 19.9 Å². The molecule has 0 unspecified atom stereocenters. The van der Waals surface area contributed by atoms with Gasteiger partial charge in [-0.3, -0.25) is 9.08 Å². The zero-order valence-corrected chi connectivity index (χ0v) is 14.3. The fraction of sp³-hybridized carbons (Fsp3) is 0.235. The van der Waals surface area contributed by atoms with E-state index in [1.165, 1.54) is 36.4 Å². The van der Waals surface area contributed by atoms with E-state index >= 15 is 0 Å². The van der Waals surface area contributed by atoms with Crippen LogP contribution in [0.3, 0.4) is 0 Å². The Bertz CT molecular complexity index is 916. The number of hydrogen-bond donors (Lipinski definition) is 0. The highest BCUT2D eigenvalue weighted by molar-refractivity contribution is 7.86. The van der Waals surface area contributed by atoms with Gasteiger partial charge in [-0.15, -0.1) is 0 Å². The Labute approximate surface area is 140 Å². The van der Waals surface area contributed by atoms with E-state index in [1.807, 2.05) is 19.9 Å². The van der Waals surface area contributed by atoms with Gasteiger partial charge in [0.15, 0.2) is 5.78 Å². The molecule has 0 amide bonds. The third-order valence-electron chi connectivity index (χ3n) is 3.44. The summed E-state index contributed by atoms with van der Waals surface area (Å²) < 4.78 is 29.1. The van der Waals surface area contributed by atoms with E-state index in [2.05, 4.69) is 5.16 Å². The molecule has 0 saturated heterocycles. The first-order valence-electron chi connectivity index (χ1n) is 7.21. The van der Waals surface area contributed by atoms with Gasteiger partial charge in [-0.25, -0.2) is 0 Å². The van der Waals surface area contributed by atoms with Crippen molar-refractivity contribution < 1.29 is 17.5 Å². The Morgan fingerprint density at radius 1 is 1.25 bits per heavy atom. The van der Waals surface area contributed by atoms with Gasteiger partial charge in [-0.05, 0) is 48.8 Å². The summed E-state index contributed by atoms with van der Waals surface area (Å²) in [7, 11) is -4.15. The highest BCUT2D eigenvalue weighted by Crippen LogP contribution is 2.20. The van der Waals surface area contributed by atoms with Crippen LogP contribution in [0.5, 0.6) is 0 Å². The minimum atomic E-state index is -4.15. The van der Waals surface area contributed by atoms with Gasteiger partial charge in [0, 0.05) is 5.57 Å². The molecule has 2 rings (SSSR count). The number of ketones is 1. The van der Waals surface area contributed by atoms with E-state index in [0.29, 0.717) is 11.1 Å². The quantitative estimate of drug-likeness (QED) is 0.618. The number of oxime groups is 1. The Morgan fingerprint density at radius 3 is 2.58 bits per heavy atom. The van der Waals surface area contributed by atoms with Crippen LogP contribution < -0.4 is 0 Å². The Morgan fingerprint density at radius 2 is 1.96 bits per heavy atom. The monoisotopic (exact) mass is 344 g/mol. The van der Waals surface area contributed by atoms with Gasteiger partial charge >= 0.3 is 10.1 Å². The van der Waals surface area contributed by atoms with Crippen molar-refractivity contribution in [3.63, 3.8) is 0 Å². The molecule has 124 valence electrons. The number of carbonyl (C=O) groups is 1. The smallest absolute Gasteiger partial charge is 0.290 e. The molecule has 1 aromatic rings. The molecule has 0 heterocycles. The lowest BCUT2D eigenvalue weighted by atomic mass is 9.90. The lowest BCUT2D eigenvalue weighted by molar-refractivity contribution is -0.111. The zero-order valence-electron chi connectivity index (χ0n) is 13.5. The summed E-state index contributed by atoms with van der Waals surface area (Å²) in [6, 6.07) is 7.32. The van der Waals surface area contributed by atoms with Crippen molar-refractivity contribution in [2.24, 2.45) is 11.1 Å². The third-order valence-corrected chi connectivity index (χ3v) is 4.54. The molecule has 0 aromatic heterocycles. The van der Waals surface area contributed by atoms with Crippen LogP contribution in [0.25, 0.3) is 0 Å². The summed E-state index contributed by atoms with van der Waals surface area (Å²) in [5.74, 6) is -0.137. The predicted octanol–water partition coefficient (Wildman–Crippen LogP) is 2.73. The summed E-state index contributed by atoms with van der Waals surface area (Å²) in [4.78, 5) is 11.7. The van der Waals surface area contributed by atoms with Gasteiger partial charge in [-0.2, -0.15) is 13.7 Å². The average molecular weight is 344 g/mol. The summed E-state index contributed by atoms with van der Waals surface area (Å²) in [5.41, 5.74) is 1.53. The van der Waals surface area contributed by atoms with Crippen molar-refractivity contribution in [3.05, 3.63) is 53.1 Å². The molecule has 1 aliphatic rings. The molecule has 0 bridgehead atoms. The van der Waals surface area contributed by atoms with Crippen LogP contribution in [0.2, 0.25) is 0 Å². The van der Waals surface area contributed by atoms with Gasteiger partial charge in [0.05, 0.1) is 11.6 Å². The maximum absolute atomic E-state index is 12.2. The number of carbonyl (C=O) groups excluding carboxylic acids is 1. The first-order valence-corrected chi connectivity index (χ1v) is 8.62. The number of allylic oxidation sites excluding steroid dienone is 4. The fourth-order valence-electron chi connectivity index (χ4n) is 2.09. The van der Waals surface area contributed by atoms with Crippen molar-refractivity contribution >= 4 is 21.6 Å². The van der Waals surface area contributed by atoms with E-state index in [9.17, 15) is 13.2 Å². The number of hydrogen-bond acceptors (Lipinski definition) is 6. The first-order chi connectivity index (χ1) is 11.2. The van der Waals surface area contributed by atoms with Crippen molar-refractivity contribution in [1.29, 1.82) is 5.26 Å². The highest BCUT2D eigenvalue weighted by Gasteiger charge is 2.21. The number of benzene rings is 1. The van der Waals surface area contributed by atoms with E-state index in [1.54, 1.807) is 6.92 Å². The summed E-state index contributed by atoms with van der Waals surface area (Å²) in [6.45, 7) is 5.37. The van der Waals surface area contributed by atoms with Gasteiger partial charge in [-0.1, -0.05) is 25.1 Å². The molecule has 24 heavy (non-hydrogen) atoms. The second kappa shape index (κ2) is 6.81. The molecule has 0 atom stereocenters. The second-order valence-electron chi connectivity index (χ2n) is 5.59. The van der Waals surface area contributed by atoms with Gasteiger partial charge < -0.3 is 0 Å². The molecule has 1 aliphatic carbocycles. The van der Waals surface area contributed by atoms with Gasteiger partial charge in [0.2, 0.25) is 0 Å². The molecule has 0 fully saturated rings. The zero-order chi connectivity index (χ0) is 17.9. The van der Waals surface area contributed by atoms with E-state index in [-0.39, 0.29) is 27.9 Å². The molecule has 0 aliphatic heterocycles. The molecule has 1 aromatic carbocycles.